The molecule has 2 N–H and O–H groups in total. The Morgan fingerprint density at radius 2 is 2.32 bits per heavy atom. The number of amides is 2. The second kappa shape index (κ2) is 7.04. The minimum absolute atomic E-state index is 0.140. The Labute approximate surface area is 116 Å². The van der Waals surface area contributed by atoms with E-state index in [2.05, 4.69) is 22.5 Å². The van der Waals surface area contributed by atoms with Gasteiger partial charge in [-0.15, -0.1) is 0 Å². The average Bonchev–Trinajstić information content (AvgIpc) is 2.92. The van der Waals surface area contributed by atoms with Crippen LogP contribution in [0.5, 0.6) is 5.75 Å². The van der Waals surface area contributed by atoms with Crippen molar-refractivity contribution in [2.24, 2.45) is 4.99 Å². The molecule has 2 rings (SSSR count). The average molecular weight is 279 g/mol. The van der Waals surface area contributed by atoms with Crippen LogP contribution in [0.2, 0.25) is 0 Å². The van der Waals surface area contributed by atoms with Gasteiger partial charge in [0.15, 0.2) is 11.9 Å². The molecule has 6 heteroatoms. The Bertz CT molecular complexity index is 477. The highest BCUT2D eigenvalue weighted by atomic mass is 32.2. The van der Waals surface area contributed by atoms with Gasteiger partial charge in [0.1, 0.15) is 5.75 Å². The van der Waals surface area contributed by atoms with E-state index in [-0.39, 0.29) is 12.8 Å². The number of aryl methyl sites for hydroxylation is 1. The second-order valence-electron chi connectivity index (χ2n) is 3.92. The summed E-state index contributed by atoms with van der Waals surface area (Å²) in [6, 6.07) is 7.51. The molecule has 1 aliphatic heterocycles. The van der Waals surface area contributed by atoms with Crippen LogP contribution in [0.25, 0.3) is 0 Å². The van der Waals surface area contributed by atoms with Crippen molar-refractivity contribution in [1.29, 1.82) is 0 Å². The monoisotopic (exact) mass is 279 g/mol. The molecule has 2 amide bonds. The number of aliphatic imine (C=N–C) groups is 1. The molecule has 1 heterocycles. The number of carbonyl (C=O) groups excluding carboxylic acids is 1. The van der Waals surface area contributed by atoms with Crippen molar-refractivity contribution < 1.29 is 9.53 Å². The molecule has 0 bridgehead atoms. The molecular formula is C13H17N3O2S. The highest BCUT2D eigenvalue weighted by Crippen LogP contribution is 2.17. The Morgan fingerprint density at radius 1 is 1.47 bits per heavy atom. The van der Waals surface area contributed by atoms with E-state index in [0.717, 1.165) is 30.0 Å². The Kier molecular flexibility index (Phi) is 5.09. The largest absolute Gasteiger partial charge is 0.473 e. The standard InChI is InChI=1S/C13H17N3O2S/c1-2-10-5-3-4-6-11(10)18-9-15-12(17)16-13-14-7-8-19-13/h3-6H,2,7-9H2,1H3,(H2,14,15,16,17). The van der Waals surface area contributed by atoms with Crippen molar-refractivity contribution >= 4 is 23.0 Å². The number of hydrogen-bond acceptors (Lipinski definition) is 4. The maximum absolute atomic E-state index is 11.5. The van der Waals surface area contributed by atoms with E-state index in [9.17, 15) is 4.79 Å². The van der Waals surface area contributed by atoms with Crippen LogP contribution in [0.4, 0.5) is 4.79 Å². The van der Waals surface area contributed by atoms with Crippen LogP contribution in [0.1, 0.15) is 12.5 Å². The highest BCUT2D eigenvalue weighted by Gasteiger charge is 2.10. The number of thioether (sulfide) groups is 1. The van der Waals surface area contributed by atoms with Gasteiger partial charge in [0.25, 0.3) is 0 Å². The number of para-hydroxylation sites is 1. The van der Waals surface area contributed by atoms with E-state index < -0.39 is 0 Å². The number of hydrogen-bond donors (Lipinski definition) is 2. The first-order valence-electron chi connectivity index (χ1n) is 6.22. The van der Waals surface area contributed by atoms with Crippen LogP contribution in [-0.4, -0.2) is 30.2 Å². The summed E-state index contributed by atoms with van der Waals surface area (Å²) in [5.74, 6) is 1.73. The third kappa shape index (κ3) is 4.17. The lowest BCUT2D eigenvalue weighted by Crippen LogP contribution is -2.39. The van der Waals surface area contributed by atoms with Crippen LogP contribution in [0.3, 0.4) is 0 Å². The van der Waals surface area contributed by atoms with Crippen LogP contribution < -0.4 is 15.4 Å². The number of rotatable bonds is 4. The van der Waals surface area contributed by atoms with E-state index in [1.165, 1.54) is 0 Å². The minimum atomic E-state index is -0.290. The number of benzene rings is 1. The van der Waals surface area contributed by atoms with Gasteiger partial charge in [-0.2, -0.15) is 0 Å². The van der Waals surface area contributed by atoms with Gasteiger partial charge in [0, 0.05) is 5.75 Å². The third-order valence-electron chi connectivity index (χ3n) is 2.62. The summed E-state index contributed by atoms with van der Waals surface area (Å²) in [6.07, 6.45) is 0.899. The SMILES string of the molecule is CCc1ccccc1OCNC(=O)NC1=NCCS1. The highest BCUT2D eigenvalue weighted by molar-refractivity contribution is 8.14. The van der Waals surface area contributed by atoms with Crippen molar-refractivity contribution in [3.63, 3.8) is 0 Å². The van der Waals surface area contributed by atoms with Gasteiger partial charge in [-0.1, -0.05) is 36.9 Å². The Hall–Kier alpha value is -1.69. The number of carbonyl (C=O) groups is 1. The lowest BCUT2D eigenvalue weighted by Gasteiger charge is -2.11. The smallest absolute Gasteiger partial charge is 0.323 e. The van der Waals surface area contributed by atoms with E-state index in [4.69, 9.17) is 4.74 Å². The molecule has 0 radical (unpaired) electrons. The molecule has 0 saturated carbocycles. The van der Waals surface area contributed by atoms with E-state index in [1.54, 1.807) is 11.8 Å². The van der Waals surface area contributed by atoms with Crippen LogP contribution >= 0.6 is 11.8 Å². The molecule has 0 unspecified atom stereocenters. The predicted octanol–water partition coefficient (Wildman–Crippen LogP) is 1.99. The van der Waals surface area contributed by atoms with Gasteiger partial charge in [-0.25, -0.2) is 4.79 Å². The first-order chi connectivity index (χ1) is 9.29. The van der Waals surface area contributed by atoms with Gasteiger partial charge in [-0.05, 0) is 18.1 Å². The third-order valence-corrected chi connectivity index (χ3v) is 3.51. The number of nitrogens with zero attached hydrogens (tertiary/aromatic N) is 1. The summed E-state index contributed by atoms with van der Waals surface area (Å²) in [5, 5.41) is 5.99. The molecule has 1 aromatic carbocycles. The number of amidine groups is 1. The van der Waals surface area contributed by atoms with E-state index in [1.807, 2.05) is 24.3 Å². The molecule has 0 atom stereocenters. The topological polar surface area (TPSA) is 62.7 Å². The zero-order valence-corrected chi connectivity index (χ0v) is 11.6. The maximum atomic E-state index is 11.5. The Balaban J connectivity index is 1.75. The fraction of sp³-hybridized carbons (Fsp3) is 0.385. The molecule has 102 valence electrons. The fourth-order valence-electron chi connectivity index (χ4n) is 1.67. The zero-order valence-electron chi connectivity index (χ0n) is 10.8. The molecule has 0 aromatic heterocycles. The molecule has 0 aliphatic carbocycles. The maximum Gasteiger partial charge on any atom is 0.323 e. The van der Waals surface area contributed by atoms with Crippen molar-refractivity contribution in [2.45, 2.75) is 13.3 Å². The normalized spacial score (nSPS) is 13.8. The van der Waals surface area contributed by atoms with Gasteiger partial charge >= 0.3 is 6.03 Å². The summed E-state index contributed by atoms with van der Waals surface area (Å²) >= 11 is 1.54. The molecule has 5 nitrogen and oxygen atoms in total. The van der Waals surface area contributed by atoms with Gasteiger partial charge in [0.05, 0.1) is 6.54 Å². The molecule has 0 saturated heterocycles. The van der Waals surface area contributed by atoms with Gasteiger partial charge in [0.2, 0.25) is 0 Å². The van der Waals surface area contributed by atoms with Gasteiger partial charge < -0.3 is 10.1 Å². The summed E-state index contributed by atoms with van der Waals surface area (Å²) in [6.45, 7) is 2.97. The second-order valence-corrected chi connectivity index (χ2v) is 5.00. The number of nitrogens with one attached hydrogen (secondary N) is 2. The first-order valence-corrected chi connectivity index (χ1v) is 7.21. The lowest BCUT2D eigenvalue weighted by atomic mass is 10.1. The van der Waals surface area contributed by atoms with Crippen molar-refractivity contribution in [3.05, 3.63) is 29.8 Å². The fourth-order valence-corrected chi connectivity index (χ4v) is 2.39. The van der Waals surface area contributed by atoms with Crippen molar-refractivity contribution in [2.75, 3.05) is 19.0 Å². The van der Waals surface area contributed by atoms with Crippen LogP contribution in [0, 0.1) is 0 Å². The van der Waals surface area contributed by atoms with Crippen molar-refractivity contribution in [1.82, 2.24) is 10.6 Å². The van der Waals surface area contributed by atoms with Crippen LogP contribution in [0.15, 0.2) is 29.3 Å². The number of ether oxygens (including phenoxy) is 1. The summed E-state index contributed by atoms with van der Waals surface area (Å²) in [5.41, 5.74) is 1.13. The quantitative estimate of drug-likeness (QED) is 0.829. The molecule has 1 aromatic rings. The molecular weight excluding hydrogens is 262 g/mol. The summed E-state index contributed by atoms with van der Waals surface area (Å²) < 4.78 is 5.54. The molecule has 0 spiro atoms. The van der Waals surface area contributed by atoms with Crippen molar-refractivity contribution in [3.8, 4) is 5.75 Å². The Morgan fingerprint density at radius 3 is 3.05 bits per heavy atom. The lowest BCUT2D eigenvalue weighted by molar-refractivity contribution is 0.228. The number of urea groups is 1. The van der Waals surface area contributed by atoms with Crippen LogP contribution in [-0.2, 0) is 6.42 Å². The van der Waals surface area contributed by atoms with E-state index >= 15 is 0 Å². The summed E-state index contributed by atoms with van der Waals surface area (Å²) in [7, 11) is 0. The molecule has 19 heavy (non-hydrogen) atoms. The molecule has 1 aliphatic rings. The van der Waals surface area contributed by atoms with Gasteiger partial charge in [-0.3, -0.25) is 10.3 Å². The first kappa shape index (κ1) is 13.7. The zero-order chi connectivity index (χ0) is 13.5. The van der Waals surface area contributed by atoms with E-state index in [0.29, 0.717) is 5.17 Å². The predicted molar refractivity (Wildman–Crippen MR) is 77.7 cm³/mol. The minimum Gasteiger partial charge on any atom is -0.473 e. The molecule has 0 fully saturated rings. The summed E-state index contributed by atoms with van der Waals surface area (Å²) in [4.78, 5) is 15.7.